The third kappa shape index (κ3) is 2.11. The van der Waals surface area contributed by atoms with Crippen LogP contribution in [0.2, 0.25) is 0 Å². The zero-order valence-corrected chi connectivity index (χ0v) is 11.2. The second-order valence-corrected chi connectivity index (χ2v) is 4.92. The van der Waals surface area contributed by atoms with Gasteiger partial charge < -0.3 is 5.73 Å². The fraction of sp³-hybridized carbons (Fsp3) is 0.118. The second-order valence-electron chi connectivity index (χ2n) is 4.92. The number of anilines is 1. The highest BCUT2D eigenvalue weighted by atomic mass is 19.1. The zero-order chi connectivity index (χ0) is 14.1. The number of hydrogen-bond donors (Lipinski definition) is 1. The number of aromatic nitrogens is 1. The van der Waals surface area contributed by atoms with E-state index in [4.69, 9.17) is 5.73 Å². The highest BCUT2D eigenvalue weighted by molar-refractivity contribution is 5.90. The van der Waals surface area contributed by atoms with E-state index >= 15 is 0 Å². The number of pyridine rings is 1. The molecule has 0 radical (unpaired) electrons. The number of halogens is 1. The fourth-order valence-electron chi connectivity index (χ4n) is 2.46. The summed E-state index contributed by atoms with van der Waals surface area (Å²) >= 11 is 0. The predicted molar refractivity (Wildman–Crippen MR) is 80.1 cm³/mol. The lowest BCUT2D eigenvalue weighted by Gasteiger charge is -2.14. The maximum absolute atomic E-state index is 13.9. The van der Waals surface area contributed by atoms with Gasteiger partial charge >= 0.3 is 0 Å². The summed E-state index contributed by atoms with van der Waals surface area (Å²) < 4.78 is 13.9. The van der Waals surface area contributed by atoms with E-state index in [1.54, 1.807) is 18.3 Å². The van der Waals surface area contributed by atoms with E-state index in [0.717, 1.165) is 16.5 Å². The van der Waals surface area contributed by atoms with Crippen molar-refractivity contribution in [1.82, 2.24) is 4.98 Å². The van der Waals surface area contributed by atoms with E-state index in [2.05, 4.69) is 4.98 Å². The third-order valence-corrected chi connectivity index (χ3v) is 3.67. The van der Waals surface area contributed by atoms with Gasteiger partial charge in [-0.2, -0.15) is 0 Å². The molecule has 1 heterocycles. The first-order valence-electron chi connectivity index (χ1n) is 6.55. The van der Waals surface area contributed by atoms with Gasteiger partial charge in [0.2, 0.25) is 0 Å². The van der Waals surface area contributed by atoms with Crippen LogP contribution < -0.4 is 5.73 Å². The molecule has 0 fully saturated rings. The number of nitrogen functional groups attached to an aromatic ring is 1. The van der Waals surface area contributed by atoms with E-state index < -0.39 is 0 Å². The predicted octanol–water partition coefficient (Wildman–Crippen LogP) is 4.11. The van der Waals surface area contributed by atoms with E-state index in [0.29, 0.717) is 11.3 Å². The Kier molecular flexibility index (Phi) is 3.11. The summed E-state index contributed by atoms with van der Waals surface area (Å²) in [4.78, 5) is 4.33. The summed E-state index contributed by atoms with van der Waals surface area (Å²) in [7, 11) is 0. The number of nitrogens with zero attached hydrogens (tertiary/aromatic N) is 1. The molecular weight excluding hydrogens is 251 g/mol. The van der Waals surface area contributed by atoms with Crippen molar-refractivity contribution in [1.29, 1.82) is 0 Å². The Labute approximate surface area is 117 Å². The van der Waals surface area contributed by atoms with E-state index in [1.165, 1.54) is 6.07 Å². The van der Waals surface area contributed by atoms with E-state index in [-0.39, 0.29) is 11.7 Å². The highest BCUT2D eigenvalue weighted by Crippen LogP contribution is 2.29. The largest absolute Gasteiger partial charge is 0.398 e. The van der Waals surface area contributed by atoms with Crippen LogP contribution in [-0.4, -0.2) is 4.98 Å². The minimum absolute atomic E-state index is 0.0242. The van der Waals surface area contributed by atoms with Crippen molar-refractivity contribution in [2.75, 3.05) is 5.73 Å². The van der Waals surface area contributed by atoms with Crippen LogP contribution in [0, 0.1) is 5.82 Å². The van der Waals surface area contributed by atoms with Gasteiger partial charge in [-0.15, -0.1) is 0 Å². The molecular formula is C17H15FN2. The molecule has 0 bridgehead atoms. The molecule has 2 N–H and O–H groups in total. The smallest absolute Gasteiger partial charge is 0.127 e. The molecule has 0 saturated carbocycles. The van der Waals surface area contributed by atoms with Gasteiger partial charge in [0.05, 0.1) is 5.52 Å². The van der Waals surface area contributed by atoms with Gasteiger partial charge in [0.25, 0.3) is 0 Å². The van der Waals surface area contributed by atoms with Crippen LogP contribution in [0.5, 0.6) is 0 Å². The lowest BCUT2D eigenvalue weighted by Crippen LogP contribution is -2.00. The van der Waals surface area contributed by atoms with Crippen molar-refractivity contribution in [3.63, 3.8) is 0 Å². The second kappa shape index (κ2) is 4.93. The third-order valence-electron chi connectivity index (χ3n) is 3.67. The van der Waals surface area contributed by atoms with Crippen LogP contribution in [0.1, 0.15) is 24.0 Å². The van der Waals surface area contributed by atoms with Gasteiger partial charge in [-0.05, 0) is 29.3 Å². The Balaban J connectivity index is 2.09. The Morgan fingerprint density at radius 3 is 2.70 bits per heavy atom. The van der Waals surface area contributed by atoms with E-state index in [9.17, 15) is 4.39 Å². The summed E-state index contributed by atoms with van der Waals surface area (Å²) in [6, 6.07) is 14.5. The van der Waals surface area contributed by atoms with Crippen molar-refractivity contribution in [3.8, 4) is 0 Å². The fourth-order valence-corrected chi connectivity index (χ4v) is 2.46. The summed E-state index contributed by atoms with van der Waals surface area (Å²) in [5, 5.41) is 0.928. The van der Waals surface area contributed by atoms with Gasteiger partial charge in [-0.25, -0.2) is 4.39 Å². The molecule has 3 rings (SSSR count). The topological polar surface area (TPSA) is 38.9 Å². The lowest BCUT2D eigenvalue weighted by molar-refractivity contribution is 0.603. The molecule has 1 atom stereocenters. The molecule has 100 valence electrons. The number of hydrogen-bond acceptors (Lipinski definition) is 2. The number of rotatable bonds is 2. The normalized spacial score (nSPS) is 12.5. The summed E-state index contributed by atoms with van der Waals surface area (Å²) in [5.41, 5.74) is 9.18. The van der Waals surface area contributed by atoms with Crippen molar-refractivity contribution in [3.05, 3.63) is 71.7 Å². The van der Waals surface area contributed by atoms with Crippen LogP contribution in [-0.2, 0) is 0 Å². The average Bonchev–Trinajstić information content (AvgIpc) is 2.47. The summed E-state index contributed by atoms with van der Waals surface area (Å²) in [5.74, 6) is -0.204. The summed E-state index contributed by atoms with van der Waals surface area (Å²) in [6.45, 7) is 1.99. The van der Waals surface area contributed by atoms with Crippen molar-refractivity contribution >= 4 is 16.6 Å². The van der Waals surface area contributed by atoms with Gasteiger partial charge in [-0.3, -0.25) is 4.98 Å². The number of benzene rings is 2. The van der Waals surface area contributed by atoms with Gasteiger partial charge in [0.1, 0.15) is 5.82 Å². The quantitative estimate of drug-likeness (QED) is 0.758. The SMILES string of the molecule is CC(c1ccc2c(N)ccnc2c1)c1ccccc1F. The Morgan fingerprint density at radius 1 is 1.10 bits per heavy atom. The van der Waals surface area contributed by atoms with Crippen molar-refractivity contribution in [2.45, 2.75) is 12.8 Å². The average molecular weight is 266 g/mol. The Hall–Kier alpha value is -2.42. The molecule has 0 aliphatic heterocycles. The molecule has 0 spiro atoms. The van der Waals surface area contributed by atoms with Crippen LogP contribution in [0.15, 0.2) is 54.7 Å². The Bertz CT molecular complexity index is 768. The molecule has 2 nitrogen and oxygen atoms in total. The molecule has 0 amide bonds. The van der Waals surface area contributed by atoms with E-state index in [1.807, 2.05) is 37.3 Å². The minimum Gasteiger partial charge on any atom is -0.398 e. The molecule has 2 aromatic carbocycles. The number of fused-ring (bicyclic) bond motifs is 1. The molecule has 1 unspecified atom stereocenters. The maximum Gasteiger partial charge on any atom is 0.127 e. The van der Waals surface area contributed by atoms with Crippen LogP contribution >= 0.6 is 0 Å². The first-order valence-corrected chi connectivity index (χ1v) is 6.55. The van der Waals surface area contributed by atoms with Crippen molar-refractivity contribution < 1.29 is 4.39 Å². The first kappa shape index (κ1) is 12.6. The van der Waals surface area contributed by atoms with Crippen LogP contribution in [0.25, 0.3) is 10.9 Å². The Morgan fingerprint density at radius 2 is 1.90 bits per heavy atom. The molecule has 3 aromatic rings. The molecule has 20 heavy (non-hydrogen) atoms. The minimum atomic E-state index is -0.180. The van der Waals surface area contributed by atoms with Crippen LogP contribution in [0.3, 0.4) is 0 Å². The molecule has 0 aliphatic rings. The number of nitrogens with two attached hydrogens (primary N) is 1. The highest BCUT2D eigenvalue weighted by Gasteiger charge is 2.13. The van der Waals surface area contributed by atoms with Gasteiger partial charge in [-0.1, -0.05) is 37.3 Å². The molecule has 3 heteroatoms. The molecule has 0 aliphatic carbocycles. The lowest BCUT2D eigenvalue weighted by atomic mass is 9.92. The molecule has 0 saturated heterocycles. The standard InChI is InChI=1S/C17H15FN2/c1-11(13-4-2-3-5-15(13)18)12-6-7-14-16(19)8-9-20-17(14)10-12/h2-11H,1H3,(H2,19,20). The molecule has 1 aromatic heterocycles. The first-order chi connectivity index (χ1) is 9.66. The summed E-state index contributed by atoms with van der Waals surface area (Å²) in [6.07, 6.45) is 1.69. The van der Waals surface area contributed by atoms with Gasteiger partial charge in [0, 0.05) is 23.2 Å². The van der Waals surface area contributed by atoms with Crippen LogP contribution in [0.4, 0.5) is 10.1 Å². The monoisotopic (exact) mass is 266 g/mol. The van der Waals surface area contributed by atoms with Crippen molar-refractivity contribution in [2.24, 2.45) is 0 Å². The van der Waals surface area contributed by atoms with Gasteiger partial charge in [0.15, 0.2) is 0 Å². The maximum atomic E-state index is 13.9. The zero-order valence-electron chi connectivity index (χ0n) is 11.2.